The van der Waals surface area contributed by atoms with Crippen LogP contribution in [0.1, 0.15) is 11.1 Å². The van der Waals surface area contributed by atoms with Gasteiger partial charge in [-0.1, -0.05) is 6.07 Å². The number of hydrogen-bond acceptors (Lipinski definition) is 2. The Morgan fingerprint density at radius 2 is 2.23 bits per heavy atom. The molecule has 0 amide bonds. The van der Waals surface area contributed by atoms with Gasteiger partial charge in [0.2, 0.25) is 0 Å². The van der Waals surface area contributed by atoms with Crippen LogP contribution in [0.3, 0.4) is 0 Å². The fraction of sp³-hybridized carbons (Fsp3) is 0.182. The summed E-state index contributed by atoms with van der Waals surface area (Å²) in [7, 11) is 0. The van der Waals surface area contributed by atoms with E-state index in [4.69, 9.17) is 5.11 Å². The zero-order valence-corrected chi connectivity index (χ0v) is 7.49. The summed E-state index contributed by atoms with van der Waals surface area (Å²) in [6.45, 7) is 2.08. The normalized spacial score (nSPS) is 10.6. The molecule has 0 spiro atoms. The van der Waals surface area contributed by atoms with E-state index in [-0.39, 0.29) is 6.61 Å². The van der Waals surface area contributed by atoms with Gasteiger partial charge in [-0.05, 0) is 36.2 Å². The van der Waals surface area contributed by atoms with Crippen molar-refractivity contribution in [2.75, 3.05) is 0 Å². The minimum atomic E-state index is 0.0939. The molecule has 66 valence electrons. The van der Waals surface area contributed by atoms with Gasteiger partial charge in [0, 0.05) is 11.6 Å². The van der Waals surface area contributed by atoms with Gasteiger partial charge in [0.15, 0.2) is 0 Å². The van der Waals surface area contributed by atoms with E-state index in [9.17, 15) is 0 Å². The highest BCUT2D eigenvalue weighted by Gasteiger charge is 1.99. The zero-order valence-electron chi connectivity index (χ0n) is 7.49. The second-order valence-electron chi connectivity index (χ2n) is 3.13. The predicted octanol–water partition coefficient (Wildman–Crippen LogP) is 2.04. The van der Waals surface area contributed by atoms with Crippen molar-refractivity contribution in [2.24, 2.45) is 0 Å². The molecule has 0 unspecified atom stereocenters. The second kappa shape index (κ2) is 3.15. The molecular weight excluding hydrogens is 162 g/mol. The van der Waals surface area contributed by atoms with E-state index in [1.54, 1.807) is 6.20 Å². The topological polar surface area (TPSA) is 33.1 Å². The van der Waals surface area contributed by atoms with Crippen LogP contribution in [0.2, 0.25) is 0 Å². The highest BCUT2D eigenvalue weighted by atomic mass is 16.3. The van der Waals surface area contributed by atoms with Crippen LogP contribution in [0.15, 0.2) is 30.5 Å². The van der Waals surface area contributed by atoms with E-state index in [1.807, 2.05) is 31.2 Å². The Bertz CT molecular complexity index is 437. The lowest BCUT2D eigenvalue weighted by atomic mass is 10.1. The number of nitrogens with zero attached hydrogens (tertiary/aromatic N) is 1. The highest BCUT2D eigenvalue weighted by molar-refractivity contribution is 5.79. The number of aryl methyl sites for hydroxylation is 1. The monoisotopic (exact) mass is 173 g/mol. The van der Waals surface area contributed by atoms with E-state index in [2.05, 4.69) is 4.98 Å². The highest BCUT2D eigenvalue weighted by Crippen LogP contribution is 2.17. The molecule has 0 aliphatic rings. The standard InChI is InChI=1S/C11H11NO/c1-8-5-11-9(3-2-4-12-11)6-10(8)7-13/h2-6,13H,7H2,1H3. The van der Waals surface area contributed by atoms with Crippen molar-refractivity contribution in [3.8, 4) is 0 Å². The molecule has 2 rings (SSSR count). The van der Waals surface area contributed by atoms with Gasteiger partial charge in [0.05, 0.1) is 12.1 Å². The fourth-order valence-corrected chi connectivity index (χ4v) is 1.44. The summed E-state index contributed by atoms with van der Waals surface area (Å²) in [5.74, 6) is 0. The van der Waals surface area contributed by atoms with Crippen molar-refractivity contribution in [1.29, 1.82) is 0 Å². The Hall–Kier alpha value is -1.41. The Balaban J connectivity index is 2.74. The van der Waals surface area contributed by atoms with Crippen LogP contribution >= 0.6 is 0 Å². The van der Waals surface area contributed by atoms with Gasteiger partial charge in [0.25, 0.3) is 0 Å². The van der Waals surface area contributed by atoms with Crippen molar-refractivity contribution in [3.05, 3.63) is 41.6 Å². The van der Waals surface area contributed by atoms with Crippen LogP contribution in [0, 0.1) is 6.92 Å². The van der Waals surface area contributed by atoms with Gasteiger partial charge >= 0.3 is 0 Å². The molecule has 0 atom stereocenters. The zero-order chi connectivity index (χ0) is 9.26. The van der Waals surface area contributed by atoms with E-state index in [0.717, 1.165) is 22.0 Å². The molecular formula is C11H11NO. The first kappa shape index (κ1) is 8.20. The molecule has 0 saturated carbocycles. The number of aliphatic hydroxyl groups is 1. The molecule has 0 saturated heterocycles. The molecule has 0 aliphatic carbocycles. The Morgan fingerprint density at radius 3 is 3.00 bits per heavy atom. The van der Waals surface area contributed by atoms with Crippen LogP contribution in [0.25, 0.3) is 10.9 Å². The number of aromatic nitrogens is 1. The maximum atomic E-state index is 9.06. The first-order valence-corrected chi connectivity index (χ1v) is 4.26. The largest absolute Gasteiger partial charge is 0.392 e. The molecule has 13 heavy (non-hydrogen) atoms. The summed E-state index contributed by atoms with van der Waals surface area (Å²) in [5, 5.41) is 10.1. The molecule has 1 N–H and O–H groups in total. The predicted molar refractivity (Wildman–Crippen MR) is 52.4 cm³/mol. The number of aliphatic hydroxyl groups excluding tert-OH is 1. The number of rotatable bonds is 1. The van der Waals surface area contributed by atoms with Crippen LogP contribution in [-0.4, -0.2) is 10.1 Å². The summed E-state index contributed by atoms with van der Waals surface area (Å²) in [4.78, 5) is 4.24. The van der Waals surface area contributed by atoms with Gasteiger partial charge < -0.3 is 5.11 Å². The fourth-order valence-electron chi connectivity index (χ4n) is 1.44. The second-order valence-corrected chi connectivity index (χ2v) is 3.13. The van der Waals surface area contributed by atoms with E-state index >= 15 is 0 Å². The number of pyridine rings is 1. The summed E-state index contributed by atoms with van der Waals surface area (Å²) >= 11 is 0. The summed E-state index contributed by atoms with van der Waals surface area (Å²) in [6.07, 6.45) is 1.78. The third-order valence-corrected chi connectivity index (χ3v) is 2.23. The Labute approximate surface area is 76.9 Å². The molecule has 1 aromatic carbocycles. The Kier molecular flexibility index (Phi) is 1.99. The van der Waals surface area contributed by atoms with Gasteiger partial charge in [0.1, 0.15) is 0 Å². The van der Waals surface area contributed by atoms with Crippen LogP contribution in [0.4, 0.5) is 0 Å². The smallest absolute Gasteiger partial charge is 0.0704 e. The number of benzene rings is 1. The SMILES string of the molecule is Cc1cc2ncccc2cc1CO. The van der Waals surface area contributed by atoms with Crippen molar-refractivity contribution in [2.45, 2.75) is 13.5 Å². The first-order valence-electron chi connectivity index (χ1n) is 4.26. The molecule has 1 aromatic heterocycles. The van der Waals surface area contributed by atoms with Gasteiger partial charge in [-0.3, -0.25) is 4.98 Å². The third-order valence-electron chi connectivity index (χ3n) is 2.23. The molecule has 0 bridgehead atoms. The molecule has 0 fully saturated rings. The summed E-state index contributed by atoms with van der Waals surface area (Å²) < 4.78 is 0. The lowest BCUT2D eigenvalue weighted by Crippen LogP contribution is -1.89. The first-order chi connectivity index (χ1) is 6.31. The number of hydrogen-bond donors (Lipinski definition) is 1. The van der Waals surface area contributed by atoms with Gasteiger partial charge in [-0.15, -0.1) is 0 Å². The maximum absolute atomic E-state index is 9.06. The van der Waals surface area contributed by atoms with Crippen LogP contribution < -0.4 is 0 Å². The average Bonchev–Trinajstić information content (AvgIpc) is 2.17. The van der Waals surface area contributed by atoms with Crippen LogP contribution in [0.5, 0.6) is 0 Å². The number of fused-ring (bicyclic) bond motifs is 1. The summed E-state index contributed by atoms with van der Waals surface area (Å²) in [5.41, 5.74) is 3.05. The van der Waals surface area contributed by atoms with Crippen molar-refractivity contribution in [1.82, 2.24) is 4.98 Å². The van der Waals surface area contributed by atoms with Crippen LogP contribution in [-0.2, 0) is 6.61 Å². The molecule has 2 heteroatoms. The van der Waals surface area contributed by atoms with Crippen molar-refractivity contribution < 1.29 is 5.11 Å². The summed E-state index contributed by atoms with van der Waals surface area (Å²) in [6, 6.07) is 7.89. The van der Waals surface area contributed by atoms with E-state index in [0.29, 0.717) is 0 Å². The van der Waals surface area contributed by atoms with E-state index < -0.39 is 0 Å². The third kappa shape index (κ3) is 1.40. The molecule has 2 nitrogen and oxygen atoms in total. The Morgan fingerprint density at radius 1 is 1.38 bits per heavy atom. The molecule has 0 radical (unpaired) electrons. The molecule has 1 heterocycles. The minimum Gasteiger partial charge on any atom is -0.392 e. The molecule has 2 aromatic rings. The lowest BCUT2D eigenvalue weighted by molar-refractivity contribution is 0.281. The maximum Gasteiger partial charge on any atom is 0.0704 e. The lowest BCUT2D eigenvalue weighted by Gasteiger charge is -2.03. The van der Waals surface area contributed by atoms with Crippen molar-refractivity contribution >= 4 is 10.9 Å². The van der Waals surface area contributed by atoms with Gasteiger partial charge in [-0.2, -0.15) is 0 Å². The van der Waals surface area contributed by atoms with Crippen molar-refractivity contribution in [3.63, 3.8) is 0 Å². The quantitative estimate of drug-likeness (QED) is 0.715. The average molecular weight is 173 g/mol. The molecule has 0 aliphatic heterocycles. The minimum absolute atomic E-state index is 0.0939. The van der Waals surface area contributed by atoms with Gasteiger partial charge in [-0.25, -0.2) is 0 Å². The van der Waals surface area contributed by atoms with E-state index in [1.165, 1.54) is 0 Å².